The van der Waals surface area contributed by atoms with Gasteiger partial charge in [-0.3, -0.25) is 4.79 Å². The number of nitrogens with one attached hydrogen (secondary N) is 1. The maximum absolute atomic E-state index is 14.4. The lowest BCUT2D eigenvalue weighted by Crippen LogP contribution is -2.49. The number of hydrogen-bond acceptors (Lipinski definition) is 5. The molecule has 3 rings (SSSR count). The number of amides is 1. The highest BCUT2D eigenvalue weighted by Gasteiger charge is 2.37. The molecule has 0 radical (unpaired) electrons. The Hall–Kier alpha value is -1.87. The second-order valence-electron chi connectivity index (χ2n) is 7.00. The van der Waals surface area contributed by atoms with Gasteiger partial charge in [0.15, 0.2) is 5.82 Å². The van der Waals surface area contributed by atoms with Crippen molar-refractivity contribution in [2.24, 2.45) is 11.8 Å². The lowest BCUT2D eigenvalue weighted by molar-refractivity contribution is -0.117. The molecule has 0 bridgehead atoms. The topological polar surface area (TPSA) is 89.9 Å². The zero-order valence-electron chi connectivity index (χ0n) is 14.2. The molecule has 2 fully saturated rings. The highest BCUT2D eigenvalue weighted by atomic mass is 32.2. The predicted molar refractivity (Wildman–Crippen MR) is 90.9 cm³/mol. The number of carbonyl (C=O) groups excluding carboxylic acids is 1. The van der Waals surface area contributed by atoms with Crippen LogP contribution in [0, 0.1) is 17.7 Å². The Kier molecular flexibility index (Phi) is 4.63. The number of aromatic hydroxyl groups is 1. The SMILES string of the molecule is CC(C)C1CN(CCc2cc(O)c(N3CC(=O)NS3(=O)=O)c(F)c2)C1. The van der Waals surface area contributed by atoms with Crippen molar-refractivity contribution in [2.45, 2.75) is 20.3 Å². The molecule has 9 heteroatoms. The third-order valence-electron chi connectivity index (χ3n) is 4.82. The predicted octanol–water partition coefficient (Wildman–Crippen LogP) is 0.843. The number of benzene rings is 1. The number of phenolic OH excluding ortho intramolecular Hbond substituents is 1. The fourth-order valence-corrected chi connectivity index (χ4v) is 4.35. The van der Waals surface area contributed by atoms with Crippen LogP contribution in [0.5, 0.6) is 5.75 Å². The standard InChI is InChI=1S/C16H22FN3O4S/c1-10(2)12-7-19(8-12)4-3-11-5-13(17)16(14(21)6-11)20-9-15(22)18-25(20,23)24/h5-6,10,12,21H,3-4,7-9H2,1-2H3,(H,18,22). The minimum absolute atomic E-state index is 0.487. The highest BCUT2D eigenvalue weighted by molar-refractivity contribution is 7.92. The fourth-order valence-electron chi connectivity index (χ4n) is 3.18. The molecule has 0 atom stereocenters. The second kappa shape index (κ2) is 6.45. The zero-order chi connectivity index (χ0) is 18.4. The van der Waals surface area contributed by atoms with Gasteiger partial charge in [-0.2, -0.15) is 8.42 Å². The molecule has 2 heterocycles. The summed E-state index contributed by atoms with van der Waals surface area (Å²) in [6.07, 6.45) is 0.555. The number of phenols is 1. The number of anilines is 1. The van der Waals surface area contributed by atoms with Crippen molar-refractivity contribution in [1.82, 2.24) is 9.62 Å². The van der Waals surface area contributed by atoms with Crippen LogP contribution in [0.25, 0.3) is 0 Å². The molecule has 2 aliphatic heterocycles. The van der Waals surface area contributed by atoms with Gasteiger partial charge in [-0.25, -0.2) is 13.4 Å². The van der Waals surface area contributed by atoms with Crippen LogP contribution >= 0.6 is 0 Å². The number of rotatable bonds is 5. The van der Waals surface area contributed by atoms with Crippen LogP contribution in [0.1, 0.15) is 19.4 Å². The molecule has 0 aliphatic carbocycles. The van der Waals surface area contributed by atoms with Crippen molar-refractivity contribution in [1.29, 1.82) is 0 Å². The number of halogens is 1. The van der Waals surface area contributed by atoms with Gasteiger partial charge >= 0.3 is 10.2 Å². The van der Waals surface area contributed by atoms with E-state index in [9.17, 15) is 22.7 Å². The Morgan fingerprint density at radius 3 is 2.56 bits per heavy atom. The van der Waals surface area contributed by atoms with Crippen molar-refractivity contribution in [3.63, 3.8) is 0 Å². The smallest absolute Gasteiger partial charge is 0.326 e. The van der Waals surface area contributed by atoms with Crippen LogP contribution in [0.3, 0.4) is 0 Å². The molecule has 25 heavy (non-hydrogen) atoms. The maximum Gasteiger partial charge on any atom is 0.326 e. The molecule has 1 amide bonds. The quantitative estimate of drug-likeness (QED) is 0.801. The molecule has 2 saturated heterocycles. The zero-order valence-corrected chi connectivity index (χ0v) is 15.0. The maximum atomic E-state index is 14.4. The van der Waals surface area contributed by atoms with E-state index in [2.05, 4.69) is 18.7 Å². The van der Waals surface area contributed by atoms with Crippen LogP contribution in [0.2, 0.25) is 0 Å². The summed E-state index contributed by atoms with van der Waals surface area (Å²) in [6.45, 7) is 6.63. The van der Waals surface area contributed by atoms with E-state index in [0.717, 1.165) is 19.6 Å². The molecule has 7 nitrogen and oxygen atoms in total. The normalized spacial score (nSPS) is 20.8. The van der Waals surface area contributed by atoms with E-state index in [1.807, 2.05) is 0 Å². The Morgan fingerprint density at radius 2 is 2.04 bits per heavy atom. The molecular weight excluding hydrogens is 349 g/mol. The highest BCUT2D eigenvalue weighted by Crippen LogP contribution is 2.34. The lowest BCUT2D eigenvalue weighted by atomic mass is 9.88. The largest absolute Gasteiger partial charge is 0.506 e. The Morgan fingerprint density at radius 1 is 1.36 bits per heavy atom. The summed E-state index contributed by atoms with van der Waals surface area (Å²) in [5.74, 6) is -0.772. The third kappa shape index (κ3) is 3.57. The van der Waals surface area contributed by atoms with Gasteiger partial charge in [0, 0.05) is 19.6 Å². The van der Waals surface area contributed by atoms with Gasteiger partial charge in [-0.05, 0) is 36.0 Å². The Labute approximate surface area is 146 Å². The first kappa shape index (κ1) is 17.9. The number of hydrogen-bond donors (Lipinski definition) is 2. The van der Waals surface area contributed by atoms with Crippen LogP contribution in [0.15, 0.2) is 12.1 Å². The van der Waals surface area contributed by atoms with Gasteiger partial charge in [-0.15, -0.1) is 0 Å². The van der Waals surface area contributed by atoms with E-state index in [-0.39, 0.29) is 0 Å². The summed E-state index contributed by atoms with van der Waals surface area (Å²) >= 11 is 0. The second-order valence-corrected chi connectivity index (χ2v) is 8.59. The van der Waals surface area contributed by atoms with Crippen LogP contribution in [0.4, 0.5) is 10.1 Å². The average molecular weight is 371 g/mol. The van der Waals surface area contributed by atoms with Crippen molar-refractivity contribution < 1.29 is 22.7 Å². The van der Waals surface area contributed by atoms with Crippen molar-refractivity contribution in [3.8, 4) is 5.75 Å². The van der Waals surface area contributed by atoms with Crippen LogP contribution < -0.4 is 9.03 Å². The minimum Gasteiger partial charge on any atom is -0.506 e. The molecule has 1 aromatic rings. The van der Waals surface area contributed by atoms with E-state index in [0.29, 0.717) is 28.1 Å². The molecule has 2 N–H and O–H groups in total. The van der Waals surface area contributed by atoms with Crippen LogP contribution in [-0.2, 0) is 21.4 Å². The van der Waals surface area contributed by atoms with Gasteiger partial charge in [0.1, 0.15) is 18.0 Å². The Balaban J connectivity index is 1.70. The first-order chi connectivity index (χ1) is 11.7. The molecular formula is C16H22FN3O4S. The third-order valence-corrected chi connectivity index (χ3v) is 6.20. The van der Waals surface area contributed by atoms with E-state index < -0.39 is 39.9 Å². The van der Waals surface area contributed by atoms with Crippen molar-refractivity contribution >= 4 is 21.8 Å². The molecule has 138 valence electrons. The van der Waals surface area contributed by atoms with Crippen molar-refractivity contribution in [3.05, 3.63) is 23.5 Å². The van der Waals surface area contributed by atoms with Gasteiger partial charge in [0.05, 0.1) is 0 Å². The summed E-state index contributed by atoms with van der Waals surface area (Å²) in [5.41, 5.74) is 0.0912. The number of carbonyl (C=O) groups is 1. The average Bonchev–Trinajstić information content (AvgIpc) is 2.68. The summed E-state index contributed by atoms with van der Waals surface area (Å²) in [4.78, 5) is 13.5. The van der Waals surface area contributed by atoms with Gasteiger partial charge < -0.3 is 10.0 Å². The van der Waals surface area contributed by atoms with E-state index >= 15 is 0 Å². The molecule has 0 saturated carbocycles. The minimum atomic E-state index is -4.16. The summed E-state index contributed by atoms with van der Waals surface area (Å²) in [7, 11) is -4.16. The molecule has 0 aromatic heterocycles. The van der Waals surface area contributed by atoms with E-state index in [1.54, 1.807) is 4.72 Å². The van der Waals surface area contributed by atoms with Gasteiger partial charge in [0.2, 0.25) is 0 Å². The van der Waals surface area contributed by atoms with E-state index in [4.69, 9.17) is 0 Å². The number of nitrogens with zero attached hydrogens (tertiary/aromatic N) is 2. The van der Waals surface area contributed by atoms with Crippen molar-refractivity contribution in [2.75, 3.05) is 30.5 Å². The molecule has 0 spiro atoms. The summed E-state index contributed by atoms with van der Waals surface area (Å²) in [6, 6.07) is 2.57. The fraction of sp³-hybridized carbons (Fsp3) is 0.562. The molecule has 0 unspecified atom stereocenters. The summed E-state index contributed by atoms with van der Waals surface area (Å²) < 4.78 is 40.3. The Bertz CT molecular complexity index is 768. The first-order valence-corrected chi connectivity index (χ1v) is 9.68. The van der Waals surface area contributed by atoms with Gasteiger partial charge in [0.25, 0.3) is 5.91 Å². The summed E-state index contributed by atoms with van der Waals surface area (Å²) in [5, 5.41) is 10.1. The number of likely N-dealkylation sites (tertiary alicyclic amines) is 1. The first-order valence-electron chi connectivity index (χ1n) is 8.24. The lowest BCUT2D eigenvalue weighted by Gasteiger charge is -2.41. The van der Waals surface area contributed by atoms with E-state index in [1.165, 1.54) is 12.1 Å². The monoisotopic (exact) mass is 371 g/mol. The van der Waals surface area contributed by atoms with Crippen LogP contribution in [-0.4, -0.2) is 50.5 Å². The molecule has 2 aliphatic rings. The molecule has 1 aromatic carbocycles. The van der Waals surface area contributed by atoms with Gasteiger partial charge in [-0.1, -0.05) is 13.8 Å².